The van der Waals surface area contributed by atoms with Crippen LogP contribution in [0.25, 0.3) is 0 Å². The van der Waals surface area contributed by atoms with Crippen LogP contribution in [0.1, 0.15) is 12.5 Å². The number of halogens is 2. The first-order valence-electron chi connectivity index (χ1n) is 4.30. The minimum atomic E-state index is -0.221. The van der Waals surface area contributed by atoms with E-state index in [0.717, 1.165) is 0 Å². The van der Waals surface area contributed by atoms with Crippen LogP contribution in [-0.4, -0.2) is 18.1 Å². The first-order valence-corrected chi connectivity index (χ1v) is 5.06. The van der Waals surface area contributed by atoms with Gasteiger partial charge in [0.2, 0.25) is 5.91 Å². The molecule has 0 atom stereocenters. The van der Waals surface area contributed by atoms with Gasteiger partial charge in [-0.3, -0.25) is 4.79 Å². The minimum absolute atomic E-state index is 0.112. The van der Waals surface area contributed by atoms with E-state index in [2.05, 4.69) is 0 Å². The van der Waals surface area contributed by atoms with Gasteiger partial charge in [-0.2, -0.15) is 0 Å². The Balaban J connectivity index is 3.19. The maximum absolute atomic E-state index is 11.1. The molecule has 0 aliphatic heterocycles. The fourth-order valence-electron chi connectivity index (χ4n) is 1.12. The number of aliphatic hydroxyl groups is 1. The van der Waals surface area contributed by atoms with Gasteiger partial charge in [0.05, 0.1) is 6.61 Å². The predicted molar refractivity (Wildman–Crippen MR) is 61.5 cm³/mol. The van der Waals surface area contributed by atoms with Crippen LogP contribution in [0.5, 0.6) is 0 Å². The number of amides is 1. The van der Waals surface area contributed by atoms with Crippen molar-refractivity contribution in [2.75, 3.05) is 11.9 Å². The standard InChI is InChI=1S/C10H11Cl2NO2/c1-6(15)13(2)7-3-9(11)8(5-14)10(12)4-7/h3-4,14H,5H2,1-2H3. The van der Waals surface area contributed by atoms with Crippen LogP contribution in [-0.2, 0) is 11.4 Å². The third-order valence-corrected chi connectivity index (χ3v) is 2.82. The Bertz CT molecular complexity index is 370. The molecule has 15 heavy (non-hydrogen) atoms. The quantitative estimate of drug-likeness (QED) is 0.873. The molecule has 1 amide bonds. The van der Waals surface area contributed by atoms with Crippen LogP contribution in [0, 0.1) is 0 Å². The van der Waals surface area contributed by atoms with E-state index in [-0.39, 0.29) is 12.5 Å². The summed E-state index contributed by atoms with van der Waals surface area (Å²) in [6.45, 7) is 1.23. The van der Waals surface area contributed by atoms with Gasteiger partial charge in [0.15, 0.2) is 0 Å². The van der Waals surface area contributed by atoms with Gasteiger partial charge in [-0.25, -0.2) is 0 Å². The van der Waals surface area contributed by atoms with E-state index < -0.39 is 0 Å². The van der Waals surface area contributed by atoms with E-state index in [1.165, 1.54) is 11.8 Å². The SMILES string of the molecule is CC(=O)N(C)c1cc(Cl)c(CO)c(Cl)c1. The molecule has 0 aliphatic rings. The number of hydrogen-bond donors (Lipinski definition) is 1. The zero-order chi connectivity index (χ0) is 11.6. The molecule has 0 saturated carbocycles. The summed E-state index contributed by atoms with van der Waals surface area (Å²) < 4.78 is 0. The number of rotatable bonds is 2. The van der Waals surface area contributed by atoms with Gasteiger partial charge < -0.3 is 10.0 Å². The predicted octanol–water partition coefficient (Wildman–Crippen LogP) is 2.47. The molecule has 0 fully saturated rings. The van der Waals surface area contributed by atoms with E-state index in [1.807, 2.05) is 0 Å². The molecule has 1 aromatic rings. The van der Waals surface area contributed by atoms with E-state index in [1.54, 1.807) is 19.2 Å². The first kappa shape index (κ1) is 12.3. The first-order chi connectivity index (χ1) is 6.97. The highest BCUT2D eigenvalue weighted by Gasteiger charge is 2.11. The third kappa shape index (κ3) is 2.62. The highest BCUT2D eigenvalue weighted by atomic mass is 35.5. The summed E-state index contributed by atoms with van der Waals surface area (Å²) in [5.74, 6) is -0.112. The van der Waals surface area contributed by atoms with Crippen LogP contribution in [0.15, 0.2) is 12.1 Å². The molecular weight excluding hydrogens is 237 g/mol. The lowest BCUT2D eigenvalue weighted by molar-refractivity contribution is -0.116. The van der Waals surface area contributed by atoms with Crippen molar-refractivity contribution in [3.8, 4) is 0 Å². The smallest absolute Gasteiger partial charge is 0.223 e. The molecule has 0 unspecified atom stereocenters. The van der Waals surface area contributed by atoms with Crippen LogP contribution < -0.4 is 4.90 Å². The molecule has 0 aromatic heterocycles. The Labute approximate surface area is 98.2 Å². The number of nitrogens with zero attached hydrogens (tertiary/aromatic N) is 1. The average molecular weight is 248 g/mol. The Morgan fingerprint density at radius 1 is 1.40 bits per heavy atom. The lowest BCUT2D eigenvalue weighted by atomic mass is 10.2. The van der Waals surface area contributed by atoms with Gasteiger partial charge in [-0.15, -0.1) is 0 Å². The second kappa shape index (κ2) is 4.84. The van der Waals surface area contributed by atoms with Crippen molar-refractivity contribution in [3.63, 3.8) is 0 Å². The Morgan fingerprint density at radius 2 is 1.87 bits per heavy atom. The summed E-state index contributed by atoms with van der Waals surface area (Å²) in [6.07, 6.45) is 0. The van der Waals surface area contributed by atoms with Gasteiger partial charge in [-0.1, -0.05) is 23.2 Å². The van der Waals surface area contributed by atoms with Gasteiger partial charge in [0.25, 0.3) is 0 Å². The van der Waals surface area contributed by atoms with E-state index in [9.17, 15) is 4.79 Å². The number of hydrogen-bond acceptors (Lipinski definition) is 2. The summed E-state index contributed by atoms with van der Waals surface area (Å²) in [7, 11) is 1.63. The van der Waals surface area contributed by atoms with E-state index in [0.29, 0.717) is 21.3 Å². The normalized spacial score (nSPS) is 10.2. The molecule has 82 valence electrons. The largest absolute Gasteiger partial charge is 0.392 e. The van der Waals surface area contributed by atoms with Crippen LogP contribution in [0.3, 0.4) is 0 Å². The Morgan fingerprint density at radius 3 is 2.20 bits per heavy atom. The molecule has 5 heteroatoms. The maximum atomic E-state index is 11.1. The van der Waals surface area contributed by atoms with Crippen molar-refractivity contribution >= 4 is 34.8 Å². The summed E-state index contributed by atoms with van der Waals surface area (Å²) in [4.78, 5) is 12.5. The van der Waals surface area contributed by atoms with E-state index in [4.69, 9.17) is 28.3 Å². The molecule has 3 nitrogen and oxygen atoms in total. The zero-order valence-electron chi connectivity index (χ0n) is 8.42. The number of carbonyl (C=O) groups is 1. The van der Waals surface area contributed by atoms with Crippen molar-refractivity contribution in [3.05, 3.63) is 27.7 Å². The second-order valence-corrected chi connectivity index (χ2v) is 3.94. The molecule has 1 N–H and O–H groups in total. The fraction of sp³-hybridized carbons (Fsp3) is 0.300. The molecular formula is C10H11Cl2NO2. The zero-order valence-corrected chi connectivity index (χ0v) is 9.93. The lowest BCUT2D eigenvalue weighted by Crippen LogP contribution is -2.22. The lowest BCUT2D eigenvalue weighted by Gasteiger charge is -2.17. The molecule has 0 aliphatic carbocycles. The molecule has 0 radical (unpaired) electrons. The summed E-state index contributed by atoms with van der Waals surface area (Å²) >= 11 is 11.8. The molecule has 0 spiro atoms. The van der Waals surface area contributed by atoms with Crippen molar-refractivity contribution < 1.29 is 9.90 Å². The highest BCUT2D eigenvalue weighted by Crippen LogP contribution is 2.30. The molecule has 1 rings (SSSR count). The summed E-state index contributed by atoms with van der Waals surface area (Å²) in [6, 6.07) is 3.20. The van der Waals surface area contributed by atoms with Crippen LogP contribution in [0.4, 0.5) is 5.69 Å². The van der Waals surface area contributed by atoms with Gasteiger partial charge in [0, 0.05) is 35.3 Å². The van der Waals surface area contributed by atoms with Crippen molar-refractivity contribution in [1.29, 1.82) is 0 Å². The second-order valence-electron chi connectivity index (χ2n) is 3.12. The molecule has 0 saturated heterocycles. The minimum Gasteiger partial charge on any atom is -0.392 e. The Hall–Kier alpha value is -0.770. The third-order valence-electron chi connectivity index (χ3n) is 2.14. The molecule has 0 bridgehead atoms. The molecule has 1 aromatic carbocycles. The van der Waals surface area contributed by atoms with Crippen LogP contribution >= 0.6 is 23.2 Å². The summed E-state index contributed by atoms with van der Waals surface area (Å²) in [5, 5.41) is 9.70. The van der Waals surface area contributed by atoms with Crippen LogP contribution in [0.2, 0.25) is 10.0 Å². The number of aliphatic hydroxyl groups excluding tert-OH is 1. The topological polar surface area (TPSA) is 40.5 Å². The Kier molecular flexibility index (Phi) is 3.97. The molecule has 0 heterocycles. The summed E-state index contributed by atoms with van der Waals surface area (Å²) in [5.41, 5.74) is 1.08. The number of anilines is 1. The van der Waals surface area contributed by atoms with Gasteiger partial charge >= 0.3 is 0 Å². The maximum Gasteiger partial charge on any atom is 0.223 e. The average Bonchev–Trinajstić information content (AvgIpc) is 2.15. The fourth-order valence-corrected chi connectivity index (χ4v) is 1.71. The number of benzene rings is 1. The van der Waals surface area contributed by atoms with E-state index >= 15 is 0 Å². The number of carbonyl (C=O) groups excluding carboxylic acids is 1. The van der Waals surface area contributed by atoms with Crippen molar-refractivity contribution in [2.45, 2.75) is 13.5 Å². The van der Waals surface area contributed by atoms with Crippen molar-refractivity contribution in [1.82, 2.24) is 0 Å². The highest BCUT2D eigenvalue weighted by molar-refractivity contribution is 6.36. The van der Waals surface area contributed by atoms with Gasteiger partial charge in [-0.05, 0) is 12.1 Å². The van der Waals surface area contributed by atoms with Gasteiger partial charge in [0.1, 0.15) is 0 Å². The van der Waals surface area contributed by atoms with Crippen molar-refractivity contribution in [2.24, 2.45) is 0 Å². The monoisotopic (exact) mass is 247 g/mol.